The molecule has 0 aliphatic carbocycles. The summed E-state index contributed by atoms with van der Waals surface area (Å²) in [6.07, 6.45) is 1.21. The number of hydrogen-bond acceptors (Lipinski definition) is 0. The van der Waals surface area contributed by atoms with Crippen LogP contribution in [0, 0.1) is 0 Å². The summed E-state index contributed by atoms with van der Waals surface area (Å²) >= 11 is 0. The van der Waals surface area contributed by atoms with E-state index in [0.29, 0.717) is 0 Å². The first-order chi connectivity index (χ1) is 3.27. The van der Waals surface area contributed by atoms with Gasteiger partial charge in [-0.25, -0.2) is 4.99 Å². The molecule has 0 aliphatic rings. The average Bonchev–Trinajstić information content (AvgIpc) is 1.61. The lowest BCUT2D eigenvalue weighted by Crippen LogP contribution is -2.71. The van der Waals surface area contributed by atoms with Gasteiger partial charge in [-0.15, -0.1) is 0 Å². The molecule has 1 nitrogen and oxygen atoms in total. The summed E-state index contributed by atoms with van der Waals surface area (Å²) < 4.78 is 0. The second-order valence-electron chi connectivity index (χ2n) is 1.93. The first-order valence-corrected chi connectivity index (χ1v) is 2.81. The Balaban J connectivity index is 3.08. The van der Waals surface area contributed by atoms with Gasteiger partial charge in [0.15, 0.2) is 0 Å². The number of nitrogens with one attached hydrogen (secondary N) is 1. The molecule has 0 aromatic rings. The van der Waals surface area contributed by atoms with Gasteiger partial charge in [-0.2, -0.15) is 0 Å². The van der Waals surface area contributed by atoms with Crippen molar-refractivity contribution in [3.05, 3.63) is 0 Å². The van der Waals surface area contributed by atoms with Crippen LogP contribution in [0.25, 0.3) is 0 Å². The predicted molar refractivity (Wildman–Crippen MR) is 32.5 cm³/mol. The first kappa shape index (κ1) is 6.67. The number of hydrogen-bond donors (Lipinski definition) is 1. The summed E-state index contributed by atoms with van der Waals surface area (Å²) in [4.78, 5) is 3.21. The van der Waals surface area contributed by atoms with Crippen LogP contribution in [0.5, 0.6) is 0 Å². The van der Waals surface area contributed by atoms with Gasteiger partial charge >= 0.3 is 0 Å². The molecule has 0 aromatic heterocycles. The van der Waals surface area contributed by atoms with Crippen molar-refractivity contribution >= 4 is 5.71 Å². The number of rotatable bonds is 2. The lowest BCUT2D eigenvalue weighted by molar-refractivity contribution is -0.457. The standard InChI is InChI=1S/C6H13N/c1-4-5-7-6(2)3/h4-5H2,1-3H3/p+1. The highest BCUT2D eigenvalue weighted by Gasteiger charge is 1.81. The third-order valence-corrected chi connectivity index (χ3v) is 0.729. The Labute approximate surface area is 45.5 Å². The van der Waals surface area contributed by atoms with Crippen molar-refractivity contribution in [2.75, 3.05) is 6.54 Å². The zero-order chi connectivity index (χ0) is 5.70. The molecule has 1 N–H and O–H groups in total. The molecule has 0 amide bonds. The van der Waals surface area contributed by atoms with Crippen molar-refractivity contribution in [2.45, 2.75) is 27.2 Å². The molecule has 0 aliphatic heterocycles. The lowest BCUT2D eigenvalue weighted by Gasteiger charge is -1.78. The molecule has 0 atom stereocenters. The van der Waals surface area contributed by atoms with Crippen molar-refractivity contribution in [1.82, 2.24) is 0 Å². The minimum Gasteiger partial charge on any atom is -0.250 e. The Hall–Kier alpha value is -0.330. The van der Waals surface area contributed by atoms with Gasteiger partial charge in [-0.1, -0.05) is 6.92 Å². The van der Waals surface area contributed by atoms with Crippen LogP contribution in [0.2, 0.25) is 0 Å². The van der Waals surface area contributed by atoms with Crippen LogP contribution in [0.3, 0.4) is 0 Å². The van der Waals surface area contributed by atoms with E-state index in [9.17, 15) is 0 Å². The SMILES string of the molecule is CCC[NH+]=C(C)C. The second-order valence-corrected chi connectivity index (χ2v) is 1.93. The van der Waals surface area contributed by atoms with E-state index < -0.39 is 0 Å². The van der Waals surface area contributed by atoms with Gasteiger partial charge in [-0.3, -0.25) is 0 Å². The van der Waals surface area contributed by atoms with Gasteiger partial charge in [0, 0.05) is 20.3 Å². The Morgan fingerprint density at radius 3 is 2.14 bits per heavy atom. The van der Waals surface area contributed by atoms with Gasteiger partial charge in [0.25, 0.3) is 0 Å². The van der Waals surface area contributed by atoms with Gasteiger partial charge < -0.3 is 0 Å². The van der Waals surface area contributed by atoms with Gasteiger partial charge in [0.2, 0.25) is 0 Å². The molecule has 0 bridgehead atoms. The molecule has 0 aromatic carbocycles. The molecule has 7 heavy (non-hydrogen) atoms. The molecule has 42 valence electrons. The molecule has 0 heterocycles. The smallest absolute Gasteiger partial charge is 0.144 e. The van der Waals surface area contributed by atoms with Crippen LogP contribution in [-0.4, -0.2) is 12.3 Å². The van der Waals surface area contributed by atoms with E-state index in [1.807, 2.05) is 0 Å². The van der Waals surface area contributed by atoms with E-state index in [4.69, 9.17) is 0 Å². The van der Waals surface area contributed by atoms with Crippen LogP contribution in [-0.2, 0) is 0 Å². The summed E-state index contributed by atoms with van der Waals surface area (Å²) in [5.41, 5.74) is 1.31. The highest BCUT2D eigenvalue weighted by Crippen LogP contribution is 1.58. The highest BCUT2D eigenvalue weighted by atomic mass is 14.7. The topological polar surface area (TPSA) is 14.0 Å². The quantitative estimate of drug-likeness (QED) is 0.468. The van der Waals surface area contributed by atoms with Crippen molar-refractivity contribution < 1.29 is 4.99 Å². The third-order valence-electron chi connectivity index (χ3n) is 0.729. The maximum Gasteiger partial charge on any atom is 0.144 e. The maximum absolute atomic E-state index is 3.21. The fourth-order valence-corrected chi connectivity index (χ4v) is 0.375. The first-order valence-electron chi connectivity index (χ1n) is 2.81. The minimum absolute atomic E-state index is 1.11. The van der Waals surface area contributed by atoms with Crippen molar-refractivity contribution in [3.8, 4) is 0 Å². The fraction of sp³-hybridized carbons (Fsp3) is 0.833. The highest BCUT2D eigenvalue weighted by molar-refractivity contribution is 5.72. The molecular formula is C6H14N+. The molecule has 0 fully saturated rings. The second kappa shape index (κ2) is 3.85. The van der Waals surface area contributed by atoms with E-state index in [2.05, 4.69) is 25.8 Å². The van der Waals surface area contributed by atoms with E-state index in [1.165, 1.54) is 12.1 Å². The Morgan fingerprint density at radius 2 is 2.00 bits per heavy atom. The van der Waals surface area contributed by atoms with Crippen LogP contribution in [0.15, 0.2) is 0 Å². The zero-order valence-electron chi connectivity index (χ0n) is 5.41. The van der Waals surface area contributed by atoms with Crippen LogP contribution in [0.4, 0.5) is 0 Å². The molecule has 0 saturated heterocycles. The van der Waals surface area contributed by atoms with Gasteiger partial charge in [0.05, 0.1) is 0 Å². The largest absolute Gasteiger partial charge is 0.250 e. The average molecular weight is 100 g/mol. The van der Waals surface area contributed by atoms with E-state index in [-0.39, 0.29) is 0 Å². The summed E-state index contributed by atoms with van der Waals surface area (Å²) in [6, 6.07) is 0. The molecule has 0 radical (unpaired) electrons. The lowest BCUT2D eigenvalue weighted by atomic mass is 10.4. The Morgan fingerprint density at radius 1 is 1.43 bits per heavy atom. The van der Waals surface area contributed by atoms with E-state index >= 15 is 0 Å². The van der Waals surface area contributed by atoms with E-state index in [1.54, 1.807) is 0 Å². The maximum atomic E-state index is 3.21. The molecule has 0 unspecified atom stereocenters. The monoisotopic (exact) mass is 100 g/mol. The normalized spacial score (nSPS) is 8.43. The summed E-state index contributed by atoms with van der Waals surface area (Å²) in [7, 11) is 0. The molecule has 0 spiro atoms. The molecule has 0 saturated carbocycles. The molecule has 1 heteroatoms. The van der Waals surface area contributed by atoms with Crippen molar-refractivity contribution in [2.24, 2.45) is 0 Å². The van der Waals surface area contributed by atoms with Crippen LogP contribution < -0.4 is 4.99 Å². The van der Waals surface area contributed by atoms with E-state index in [0.717, 1.165) is 6.54 Å². The van der Waals surface area contributed by atoms with Crippen LogP contribution >= 0.6 is 0 Å². The molecular weight excluding hydrogens is 86.1 g/mol. The minimum atomic E-state index is 1.11. The zero-order valence-corrected chi connectivity index (χ0v) is 5.41. The third kappa shape index (κ3) is 5.67. The van der Waals surface area contributed by atoms with Gasteiger partial charge in [0.1, 0.15) is 12.3 Å². The predicted octanol–water partition coefficient (Wildman–Crippen LogP) is -0.0422. The van der Waals surface area contributed by atoms with Crippen molar-refractivity contribution in [1.29, 1.82) is 0 Å². The summed E-state index contributed by atoms with van der Waals surface area (Å²) in [6.45, 7) is 7.43. The summed E-state index contributed by atoms with van der Waals surface area (Å²) in [5, 5.41) is 0. The Kier molecular flexibility index (Phi) is 3.67. The van der Waals surface area contributed by atoms with Gasteiger partial charge in [-0.05, 0) is 0 Å². The summed E-state index contributed by atoms with van der Waals surface area (Å²) in [5.74, 6) is 0. The van der Waals surface area contributed by atoms with Crippen molar-refractivity contribution in [3.63, 3.8) is 0 Å². The van der Waals surface area contributed by atoms with Crippen LogP contribution in [0.1, 0.15) is 27.2 Å². The molecule has 0 rings (SSSR count). The fourth-order valence-electron chi connectivity index (χ4n) is 0.375. The Bertz CT molecular complexity index is 60.6.